The number of hydrazine groups is 1. The molecule has 0 N–H and O–H groups in total. The summed E-state index contributed by atoms with van der Waals surface area (Å²) in [5.41, 5.74) is 2.24. The molecule has 1 unspecified atom stereocenters. The van der Waals surface area contributed by atoms with Crippen LogP contribution < -0.4 is 5.01 Å². The molecular formula is C23H28N2O2. The fourth-order valence-electron chi connectivity index (χ4n) is 3.21. The third kappa shape index (κ3) is 4.16. The zero-order valence-electron chi connectivity index (χ0n) is 16.7. The number of benzene rings is 2. The van der Waals surface area contributed by atoms with E-state index in [1.54, 1.807) is 5.01 Å². The van der Waals surface area contributed by atoms with Crippen molar-refractivity contribution in [2.75, 3.05) is 5.01 Å². The molecule has 0 saturated carbocycles. The van der Waals surface area contributed by atoms with Crippen molar-refractivity contribution in [2.24, 2.45) is 5.92 Å². The van der Waals surface area contributed by atoms with Crippen LogP contribution in [0.25, 0.3) is 5.70 Å². The van der Waals surface area contributed by atoms with Gasteiger partial charge in [-0.3, -0.25) is 5.01 Å². The van der Waals surface area contributed by atoms with Gasteiger partial charge < -0.3 is 4.74 Å². The van der Waals surface area contributed by atoms with E-state index >= 15 is 0 Å². The average Bonchev–Trinajstić information content (AvgIpc) is 3.03. The second-order valence-corrected chi connectivity index (χ2v) is 8.12. The molecule has 1 amide bonds. The molecule has 142 valence electrons. The van der Waals surface area contributed by atoms with Crippen molar-refractivity contribution in [2.45, 2.75) is 46.3 Å². The third-order valence-corrected chi connectivity index (χ3v) is 4.39. The summed E-state index contributed by atoms with van der Waals surface area (Å²) in [5, 5.41) is 3.72. The number of ether oxygens (including phenoxy) is 1. The molecule has 0 spiro atoms. The van der Waals surface area contributed by atoms with Crippen LogP contribution >= 0.6 is 0 Å². The Kier molecular flexibility index (Phi) is 5.26. The van der Waals surface area contributed by atoms with Crippen molar-refractivity contribution in [1.29, 1.82) is 0 Å². The van der Waals surface area contributed by atoms with Crippen LogP contribution in [0.4, 0.5) is 10.5 Å². The number of para-hydroxylation sites is 1. The number of carbonyl (C=O) groups excluding carboxylic acids is 1. The molecule has 0 aromatic heterocycles. The first-order valence-electron chi connectivity index (χ1n) is 9.42. The molecule has 1 atom stereocenters. The van der Waals surface area contributed by atoms with Gasteiger partial charge in [-0.1, -0.05) is 62.4 Å². The molecule has 0 aliphatic carbocycles. The minimum atomic E-state index is -0.572. The molecule has 27 heavy (non-hydrogen) atoms. The number of nitrogens with zero attached hydrogens (tertiary/aromatic N) is 2. The highest BCUT2D eigenvalue weighted by Crippen LogP contribution is 2.37. The zero-order chi connectivity index (χ0) is 19.6. The Bertz CT molecular complexity index is 807. The van der Waals surface area contributed by atoms with Crippen LogP contribution in [0, 0.1) is 5.92 Å². The maximum absolute atomic E-state index is 13.2. The minimum absolute atomic E-state index is 0.0510. The predicted octanol–water partition coefficient (Wildman–Crippen LogP) is 5.72. The van der Waals surface area contributed by atoms with E-state index in [1.807, 2.05) is 86.4 Å². The summed E-state index contributed by atoms with van der Waals surface area (Å²) >= 11 is 0. The van der Waals surface area contributed by atoms with Crippen molar-refractivity contribution >= 4 is 17.5 Å². The van der Waals surface area contributed by atoms with E-state index in [2.05, 4.69) is 19.9 Å². The van der Waals surface area contributed by atoms with Crippen LogP contribution in [0.3, 0.4) is 0 Å². The topological polar surface area (TPSA) is 32.8 Å². The van der Waals surface area contributed by atoms with E-state index in [-0.39, 0.29) is 12.1 Å². The molecule has 0 saturated heterocycles. The summed E-state index contributed by atoms with van der Waals surface area (Å²) in [6.07, 6.45) is 1.79. The summed E-state index contributed by atoms with van der Waals surface area (Å²) in [6, 6.07) is 20.0. The van der Waals surface area contributed by atoms with Crippen molar-refractivity contribution in [1.82, 2.24) is 5.01 Å². The smallest absolute Gasteiger partial charge is 0.434 e. The van der Waals surface area contributed by atoms with Gasteiger partial charge in [0.1, 0.15) is 5.60 Å². The van der Waals surface area contributed by atoms with Gasteiger partial charge in [-0.25, -0.2) is 4.79 Å². The highest BCUT2D eigenvalue weighted by molar-refractivity contribution is 5.87. The Morgan fingerprint density at radius 3 is 2.04 bits per heavy atom. The molecule has 2 aromatic carbocycles. The summed E-state index contributed by atoms with van der Waals surface area (Å²) < 4.78 is 5.76. The maximum atomic E-state index is 13.2. The van der Waals surface area contributed by atoms with Gasteiger partial charge in [0.15, 0.2) is 0 Å². The van der Waals surface area contributed by atoms with Crippen LogP contribution in [-0.4, -0.2) is 22.7 Å². The van der Waals surface area contributed by atoms with Crippen molar-refractivity contribution in [3.63, 3.8) is 0 Å². The fraction of sp³-hybridized carbons (Fsp3) is 0.348. The molecule has 3 rings (SSSR count). The van der Waals surface area contributed by atoms with Crippen LogP contribution in [0.15, 0.2) is 66.7 Å². The summed E-state index contributed by atoms with van der Waals surface area (Å²) in [6.45, 7) is 10.00. The van der Waals surface area contributed by atoms with Crippen LogP contribution in [-0.2, 0) is 4.74 Å². The predicted molar refractivity (Wildman–Crippen MR) is 110 cm³/mol. The third-order valence-electron chi connectivity index (χ3n) is 4.39. The average molecular weight is 364 g/mol. The Morgan fingerprint density at radius 1 is 0.963 bits per heavy atom. The van der Waals surface area contributed by atoms with Crippen LogP contribution in [0.5, 0.6) is 0 Å². The monoisotopic (exact) mass is 364 g/mol. The standard InChI is InChI=1S/C23H28N2O2/c1-17(2)20-16-21(18-12-8-6-9-13-18)25(22(26)27-23(3,4)5)24(20)19-14-10-7-11-15-19/h6-17,20H,1-5H3. The van der Waals surface area contributed by atoms with E-state index in [0.29, 0.717) is 5.92 Å². The Morgan fingerprint density at radius 2 is 1.52 bits per heavy atom. The van der Waals surface area contributed by atoms with Gasteiger partial charge in [-0.2, -0.15) is 5.01 Å². The van der Waals surface area contributed by atoms with E-state index in [0.717, 1.165) is 16.9 Å². The lowest BCUT2D eigenvalue weighted by atomic mass is 10.0. The molecule has 0 bridgehead atoms. The lowest BCUT2D eigenvalue weighted by molar-refractivity contribution is 0.0336. The van der Waals surface area contributed by atoms with Gasteiger partial charge >= 0.3 is 6.09 Å². The number of hydrogen-bond acceptors (Lipinski definition) is 3. The Labute approximate surface area is 162 Å². The maximum Gasteiger partial charge on any atom is 0.434 e. The van der Waals surface area contributed by atoms with Crippen molar-refractivity contribution in [3.8, 4) is 0 Å². The Hall–Kier alpha value is -2.75. The number of anilines is 1. The van der Waals surface area contributed by atoms with Crippen molar-refractivity contribution < 1.29 is 9.53 Å². The highest BCUT2D eigenvalue weighted by atomic mass is 16.6. The number of carbonyl (C=O) groups is 1. The molecule has 1 aliphatic rings. The largest absolute Gasteiger partial charge is 0.442 e. The molecule has 1 heterocycles. The van der Waals surface area contributed by atoms with Gasteiger partial charge in [0.2, 0.25) is 0 Å². The van der Waals surface area contributed by atoms with Crippen LogP contribution in [0.1, 0.15) is 40.2 Å². The number of amides is 1. The molecule has 0 radical (unpaired) electrons. The van der Waals surface area contributed by atoms with Gasteiger partial charge in [0, 0.05) is 5.56 Å². The second kappa shape index (κ2) is 7.47. The lowest BCUT2D eigenvalue weighted by Crippen LogP contribution is -2.49. The number of hydrogen-bond donors (Lipinski definition) is 0. The normalized spacial score (nSPS) is 17.3. The molecular weight excluding hydrogens is 336 g/mol. The highest BCUT2D eigenvalue weighted by Gasteiger charge is 2.40. The number of rotatable bonds is 3. The van der Waals surface area contributed by atoms with E-state index < -0.39 is 5.60 Å². The summed E-state index contributed by atoms with van der Waals surface area (Å²) in [4.78, 5) is 13.2. The summed E-state index contributed by atoms with van der Waals surface area (Å²) in [5.74, 6) is 0.316. The SMILES string of the molecule is CC(C)C1C=C(c2ccccc2)N(C(=O)OC(C)(C)C)N1c1ccccc1. The van der Waals surface area contributed by atoms with Crippen LogP contribution in [0.2, 0.25) is 0 Å². The first-order valence-corrected chi connectivity index (χ1v) is 9.42. The quantitative estimate of drug-likeness (QED) is 0.698. The van der Waals surface area contributed by atoms with Gasteiger partial charge in [-0.15, -0.1) is 0 Å². The first kappa shape index (κ1) is 19.0. The molecule has 1 aliphatic heterocycles. The Balaban J connectivity index is 2.10. The van der Waals surface area contributed by atoms with E-state index in [4.69, 9.17) is 4.74 Å². The lowest BCUT2D eigenvalue weighted by Gasteiger charge is -2.38. The van der Waals surface area contributed by atoms with Gasteiger partial charge in [0.25, 0.3) is 0 Å². The molecule has 0 fully saturated rings. The molecule has 4 nitrogen and oxygen atoms in total. The first-order chi connectivity index (χ1) is 12.8. The fourth-order valence-corrected chi connectivity index (χ4v) is 3.21. The zero-order valence-corrected chi connectivity index (χ0v) is 16.7. The second-order valence-electron chi connectivity index (χ2n) is 8.12. The van der Waals surface area contributed by atoms with Gasteiger partial charge in [-0.05, 0) is 44.9 Å². The molecule has 2 aromatic rings. The minimum Gasteiger partial charge on any atom is -0.442 e. The van der Waals surface area contributed by atoms with E-state index in [9.17, 15) is 4.79 Å². The molecule has 4 heteroatoms. The van der Waals surface area contributed by atoms with Crippen molar-refractivity contribution in [3.05, 3.63) is 72.3 Å². The summed E-state index contributed by atoms with van der Waals surface area (Å²) in [7, 11) is 0. The van der Waals surface area contributed by atoms with Gasteiger partial charge in [0.05, 0.1) is 17.4 Å². The van der Waals surface area contributed by atoms with E-state index in [1.165, 1.54) is 0 Å².